The number of hydrogen-bond acceptors (Lipinski definition) is 7. The second kappa shape index (κ2) is 9.36. The van der Waals surface area contributed by atoms with Crippen molar-refractivity contribution in [1.82, 2.24) is 10.8 Å². The van der Waals surface area contributed by atoms with Gasteiger partial charge in [-0.25, -0.2) is 13.9 Å². The summed E-state index contributed by atoms with van der Waals surface area (Å²) >= 11 is 0. The number of amides is 2. The van der Waals surface area contributed by atoms with E-state index in [1.54, 1.807) is 25.3 Å². The summed E-state index contributed by atoms with van der Waals surface area (Å²) in [4.78, 5) is 26.1. The Morgan fingerprint density at radius 3 is 2.52 bits per heavy atom. The molecule has 166 valence electrons. The number of ether oxygens (including phenoxy) is 1. The van der Waals surface area contributed by atoms with E-state index in [-0.39, 0.29) is 23.8 Å². The quantitative estimate of drug-likeness (QED) is 0.434. The zero-order valence-electron chi connectivity index (χ0n) is 17.3. The molecule has 3 N–H and O–H groups in total. The van der Waals surface area contributed by atoms with Crippen LogP contribution in [0.4, 0.5) is 5.69 Å². The Hall–Kier alpha value is -3.11. The van der Waals surface area contributed by atoms with Crippen LogP contribution in [0.1, 0.15) is 29.3 Å². The van der Waals surface area contributed by atoms with Gasteiger partial charge in [0.2, 0.25) is 5.91 Å². The third kappa shape index (κ3) is 4.80. The van der Waals surface area contributed by atoms with Crippen molar-refractivity contribution in [3.63, 3.8) is 0 Å². The van der Waals surface area contributed by atoms with Gasteiger partial charge in [-0.1, -0.05) is 12.1 Å². The Kier molecular flexibility index (Phi) is 6.81. The molecule has 3 rings (SSSR count). The lowest BCUT2D eigenvalue weighted by Crippen LogP contribution is -2.44. The molecule has 0 aliphatic carbocycles. The monoisotopic (exact) mass is 447 g/mol. The lowest BCUT2D eigenvalue weighted by atomic mass is 10.1. The summed E-state index contributed by atoms with van der Waals surface area (Å²) in [6.45, 7) is 2.77. The molecule has 0 aromatic heterocycles. The van der Waals surface area contributed by atoms with Crippen LogP contribution in [0.5, 0.6) is 5.75 Å². The average Bonchev–Trinajstić information content (AvgIpc) is 2.79. The molecule has 1 aliphatic rings. The van der Waals surface area contributed by atoms with Gasteiger partial charge in [-0.15, -0.1) is 0 Å². The van der Waals surface area contributed by atoms with Crippen LogP contribution in [-0.2, 0) is 21.2 Å². The van der Waals surface area contributed by atoms with Crippen molar-refractivity contribution >= 4 is 27.3 Å². The van der Waals surface area contributed by atoms with Crippen molar-refractivity contribution in [2.24, 2.45) is 0 Å². The van der Waals surface area contributed by atoms with E-state index in [0.717, 1.165) is 11.3 Å². The van der Waals surface area contributed by atoms with Crippen LogP contribution in [0.3, 0.4) is 0 Å². The normalized spacial score (nSPS) is 16.9. The van der Waals surface area contributed by atoms with Crippen LogP contribution in [0.15, 0.2) is 47.4 Å². The number of hydrogen-bond donors (Lipinski definition) is 3. The smallest absolute Gasteiger partial charge is 0.251 e. The standard InChI is InChI=1S/C21H25N3O6S/c1-3-24-13-17(11-20(25)23-27)31(28,29)19-9-6-15(10-18(19)24)21(26)22-12-14-4-7-16(30-2)8-5-14/h4-10,17,27H,3,11-13H2,1-2H3,(H,22,26)(H,23,25). The van der Waals surface area contributed by atoms with Crippen LogP contribution in [0.2, 0.25) is 0 Å². The second-order valence-corrected chi connectivity index (χ2v) is 9.35. The van der Waals surface area contributed by atoms with Crippen molar-refractivity contribution in [3.8, 4) is 5.75 Å². The molecule has 1 heterocycles. The van der Waals surface area contributed by atoms with E-state index < -0.39 is 21.0 Å². The highest BCUT2D eigenvalue weighted by Crippen LogP contribution is 2.35. The minimum atomic E-state index is -3.79. The summed E-state index contributed by atoms with van der Waals surface area (Å²) in [5.41, 5.74) is 3.15. The number of methoxy groups -OCH3 is 1. The predicted octanol–water partition coefficient (Wildman–Crippen LogP) is 1.50. The Morgan fingerprint density at radius 1 is 1.19 bits per heavy atom. The molecule has 2 aromatic carbocycles. The molecule has 0 radical (unpaired) electrons. The molecular weight excluding hydrogens is 422 g/mol. The van der Waals surface area contributed by atoms with Gasteiger partial charge in [-0.2, -0.15) is 0 Å². The predicted molar refractivity (Wildman–Crippen MR) is 114 cm³/mol. The van der Waals surface area contributed by atoms with Crippen LogP contribution >= 0.6 is 0 Å². The molecule has 0 fully saturated rings. The fourth-order valence-corrected chi connectivity index (χ4v) is 5.37. The number of rotatable bonds is 7. The maximum Gasteiger partial charge on any atom is 0.251 e. The molecular formula is C21H25N3O6S. The van der Waals surface area contributed by atoms with Gasteiger partial charge in [-0.05, 0) is 42.8 Å². The number of sulfone groups is 1. The zero-order chi connectivity index (χ0) is 22.6. The highest BCUT2D eigenvalue weighted by Gasteiger charge is 2.38. The summed E-state index contributed by atoms with van der Waals surface area (Å²) in [5, 5.41) is 10.6. The third-order valence-electron chi connectivity index (χ3n) is 5.26. The van der Waals surface area contributed by atoms with E-state index in [4.69, 9.17) is 9.94 Å². The SMILES string of the molecule is CCN1CC(CC(=O)NO)S(=O)(=O)c2ccc(C(=O)NCc3ccc(OC)cc3)cc21. The topological polar surface area (TPSA) is 125 Å². The number of carbonyl (C=O) groups excluding carboxylic acids is 2. The van der Waals surface area contributed by atoms with Crippen molar-refractivity contribution in [1.29, 1.82) is 0 Å². The van der Waals surface area contributed by atoms with E-state index >= 15 is 0 Å². The molecule has 1 unspecified atom stereocenters. The number of carbonyl (C=O) groups is 2. The van der Waals surface area contributed by atoms with Crippen LogP contribution in [0, 0.1) is 0 Å². The highest BCUT2D eigenvalue weighted by molar-refractivity contribution is 7.92. The molecule has 10 heteroatoms. The van der Waals surface area contributed by atoms with Gasteiger partial charge in [0.1, 0.15) is 5.75 Å². The molecule has 9 nitrogen and oxygen atoms in total. The Morgan fingerprint density at radius 2 is 1.90 bits per heavy atom. The van der Waals surface area contributed by atoms with Gasteiger partial charge < -0.3 is 15.0 Å². The number of nitrogens with zero attached hydrogens (tertiary/aromatic N) is 1. The van der Waals surface area contributed by atoms with Gasteiger partial charge in [-0.3, -0.25) is 14.8 Å². The second-order valence-electron chi connectivity index (χ2n) is 7.16. The Bertz CT molecular complexity index is 1070. The Balaban J connectivity index is 1.81. The minimum Gasteiger partial charge on any atom is -0.497 e. The van der Waals surface area contributed by atoms with Crippen molar-refractivity contribution < 1.29 is 28.0 Å². The number of benzene rings is 2. The van der Waals surface area contributed by atoms with Crippen molar-refractivity contribution in [2.75, 3.05) is 25.1 Å². The number of fused-ring (bicyclic) bond motifs is 1. The Labute approximate surface area is 180 Å². The van der Waals surface area contributed by atoms with Gasteiger partial charge >= 0.3 is 0 Å². The van der Waals surface area contributed by atoms with Gasteiger partial charge in [0, 0.05) is 31.6 Å². The molecule has 0 saturated carbocycles. The molecule has 31 heavy (non-hydrogen) atoms. The largest absolute Gasteiger partial charge is 0.497 e. The lowest BCUT2D eigenvalue weighted by Gasteiger charge is -2.35. The molecule has 0 spiro atoms. The van der Waals surface area contributed by atoms with Gasteiger partial charge in [0.25, 0.3) is 5.91 Å². The molecule has 2 amide bonds. The first-order valence-corrected chi connectivity index (χ1v) is 11.3. The number of hydroxylamine groups is 1. The van der Waals surface area contributed by atoms with Crippen molar-refractivity contribution in [2.45, 2.75) is 30.0 Å². The van der Waals surface area contributed by atoms with E-state index in [9.17, 15) is 18.0 Å². The first-order valence-electron chi connectivity index (χ1n) is 9.77. The third-order valence-corrected chi connectivity index (χ3v) is 7.41. The summed E-state index contributed by atoms with van der Waals surface area (Å²) in [5.74, 6) is -0.364. The summed E-state index contributed by atoms with van der Waals surface area (Å²) in [7, 11) is -2.21. The van der Waals surface area contributed by atoms with Crippen molar-refractivity contribution in [3.05, 3.63) is 53.6 Å². The molecule has 0 bridgehead atoms. The van der Waals surface area contributed by atoms with Crippen LogP contribution in [-0.4, -0.2) is 50.9 Å². The summed E-state index contributed by atoms with van der Waals surface area (Å²) in [6, 6.07) is 11.7. The summed E-state index contributed by atoms with van der Waals surface area (Å²) < 4.78 is 31.0. The van der Waals surface area contributed by atoms with Gasteiger partial charge in [0.05, 0.1) is 22.9 Å². The van der Waals surface area contributed by atoms with E-state index in [1.807, 2.05) is 24.0 Å². The van der Waals surface area contributed by atoms with E-state index in [0.29, 0.717) is 24.3 Å². The first kappa shape index (κ1) is 22.6. The maximum absolute atomic E-state index is 13.0. The molecule has 1 atom stereocenters. The van der Waals surface area contributed by atoms with Crippen LogP contribution in [0.25, 0.3) is 0 Å². The summed E-state index contributed by atoms with van der Waals surface area (Å²) in [6.07, 6.45) is -0.348. The van der Waals surface area contributed by atoms with Gasteiger partial charge in [0.15, 0.2) is 9.84 Å². The van der Waals surface area contributed by atoms with E-state index in [2.05, 4.69) is 5.32 Å². The van der Waals surface area contributed by atoms with Crippen LogP contribution < -0.4 is 20.4 Å². The highest BCUT2D eigenvalue weighted by atomic mass is 32.2. The average molecular weight is 448 g/mol. The zero-order valence-corrected chi connectivity index (χ0v) is 18.1. The first-order chi connectivity index (χ1) is 14.8. The van der Waals surface area contributed by atoms with E-state index in [1.165, 1.54) is 17.6 Å². The maximum atomic E-state index is 13.0. The lowest BCUT2D eigenvalue weighted by molar-refractivity contribution is -0.129. The molecule has 2 aromatic rings. The molecule has 0 saturated heterocycles. The fraction of sp³-hybridized carbons (Fsp3) is 0.333. The fourth-order valence-electron chi connectivity index (χ4n) is 3.52. The number of nitrogens with one attached hydrogen (secondary N) is 2. The minimum absolute atomic E-state index is 0.0723. The molecule has 1 aliphatic heterocycles. The number of anilines is 1.